The lowest BCUT2D eigenvalue weighted by Gasteiger charge is -2.23. The van der Waals surface area contributed by atoms with Crippen LogP contribution in [-0.2, 0) is 10.3 Å². The van der Waals surface area contributed by atoms with Crippen LogP contribution in [0.4, 0.5) is 0 Å². The lowest BCUT2D eigenvalue weighted by molar-refractivity contribution is -0.123. The Labute approximate surface area is 104 Å². The van der Waals surface area contributed by atoms with E-state index in [1.54, 1.807) is 25.1 Å². The van der Waals surface area contributed by atoms with Gasteiger partial charge in [-0.05, 0) is 24.6 Å². The summed E-state index contributed by atoms with van der Waals surface area (Å²) in [5.41, 5.74) is 5.26. The molecule has 0 radical (unpaired) electrons. The van der Waals surface area contributed by atoms with Gasteiger partial charge in [-0.3, -0.25) is 10.1 Å². The molecule has 1 aromatic rings. The zero-order chi connectivity index (χ0) is 12.8. The van der Waals surface area contributed by atoms with E-state index in [9.17, 15) is 4.79 Å². The van der Waals surface area contributed by atoms with Crippen molar-refractivity contribution in [2.24, 2.45) is 10.7 Å². The SMILES string of the molecule is CC1(c2ccc3c(c2)OCCO3)N=C(N)NC1=O. The van der Waals surface area contributed by atoms with Gasteiger partial charge in [-0.2, -0.15) is 0 Å². The quantitative estimate of drug-likeness (QED) is 0.738. The van der Waals surface area contributed by atoms with Crippen LogP contribution in [0.15, 0.2) is 23.2 Å². The van der Waals surface area contributed by atoms with Crippen molar-refractivity contribution in [2.45, 2.75) is 12.5 Å². The minimum Gasteiger partial charge on any atom is -0.486 e. The number of nitrogens with one attached hydrogen (secondary N) is 1. The Morgan fingerprint density at radius 3 is 2.72 bits per heavy atom. The van der Waals surface area contributed by atoms with Crippen molar-refractivity contribution >= 4 is 11.9 Å². The summed E-state index contributed by atoms with van der Waals surface area (Å²) in [5, 5.41) is 2.50. The van der Waals surface area contributed by atoms with Crippen molar-refractivity contribution in [1.82, 2.24) is 5.32 Å². The maximum Gasteiger partial charge on any atom is 0.259 e. The van der Waals surface area contributed by atoms with Crippen molar-refractivity contribution in [3.8, 4) is 11.5 Å². The highest BCUT2D eigenvalue weighted by atomic mass is 16.6. The number of fused-ring (bicyclic) bond motifs is 1. The second-order valence-electron chi connectivity index (χ2n) is 4.38. The van der Waals surface area contributed by atoms with E-state index in [-0.39, 0.29) is 11.9 Å². The van der Waals surface area contributed by atoms with E-state index in [4.69, 9.17) is 15.2 Å². The molecule has 0 saturated carbocycles. The molecule has 18 heavy (non-hydrogen) atoms. The van der Waals surface area contributed by atoms with Gasteiger partial charge in [0.2, 0.25) is 0 Å². The molecule has 1 aromatic carbocycles. The molecule has 0 bridgehead atoms. The van der Waals surface area contributed by atoms with Gasteiger partial charge in [0, 0.05) is 0 Å². The van der Waals surface area contributed by atoms with E-state index in [0.29, 0.717) is 24.7 Å². The molecule has 6 nitrogen and oxygen atoms in total. The number of hydrogen-bond donors (Lipinski definition) is 2. The summed E-state index contributed by atoms with van der Waals surface area (Å²) in [6, 6.07) is 5.36. The average molecular weight is 247 g/mol. The van der Waals surface area contributed by atoms with Gasteiger partial charge in [-0.1, -0.05) is 6.07 Å². The maximum atomic E-state index is 11.9. The van der Waals surface area contributed by atoms with Gasteiger partial charge in [0.1, 0.15) is 13.2 Å². The normalized spacial score (nSPS) is 25.6. The van der Waals surface area contributed by atoms with Gasteiger partial charge < -0.3 is 15.2 Å². The fourth-order valence-electron chi connectivity index (χ4n) is 2.10. The van der Waals surface area contributed by atoms with E-state index >= 15 is 0 Å². The van der Waals surface area contributed by atoms with Crippen molar-refractivity contribution in [3.63, 3.8) is 0 Å². The molecule has 0 fully saturated rings. The maximum absolute atomic E-state index is 11.9. The Hall–Kier alpha value is -2.24. The highest BCUT2D eigenvalue weighted by Gasteiger charge is 2.40. The third kappa shape index (κ3) is 1.49. The third-order valence-electron chi connectivity index (χ3n) is 3.13. The number of rotatable bonds is 1. The highest BCUT2D eigenvalue weighted by Crippen LogP contribution is 2.36. The summed E-state index contributed by atoms with van der Waals surface area (Å²) in [5.74, 6) is 1.21. The molecule has 0 aliphatic carbocycles. The van der Waals surface area contributed by atoms with Crippen LogP contribution in [0, 0.1) is 0 Å². The third-order valence-corrected chi connectivity index (χ3v) is 3.13. The van der Waals surface area contributed by atoms with Crippen molar-refractivity contribution in [1.29, 1.82) is 0 Å². The van der Waals surface area contributed by atoms with Crippen LogP contribution in [0.5, 0.6) is 11.5 Å². The van der Waals surface area contributed by atoms with Gasteiger partial charge >= 0.3 is 0 Å². The van der Waals surface area contributed by atoms with E-state index in [1.165, 1.54) is 0 Å². The molecule has 0 spiro atoms. The van der Waals surface area contributed by atoms with Gasteiger partial charge in [0.05, 0.1) is 0 Å². The first-order valence-electron chi connectivity index (χ1n) is 5.66. The number of ether oxygens (including phenoxy) is 2. The number of nitrogens with two attached hydrogens (primary N) is 1. The lowest BCUT2D eigenvalue weighted by Crippen LogP contribution is -2.37. The summed E-state index contributed by atoms with van der Waals surface area (Å²) >= 11 is 0. The summed E-state index contributed by atoms with van der Waals surface area (Å²) in [4.78, 5) is 16.1. The zero-order valence-corrected chi connectivity index (χ0v) is 9.90. The Morgan fingerprint density at radius 1 is 1.33 bits per heavy atom. The monoisotopic (exact) mass is 247 g/mol. The van der Waals surface area contributed by atoms with E-state index in [2.05, 4.69) is 10.3 Å². The summed E-state index contributed by atoms with van der Waals surface area (Å²) in [6.45, 7) is 2.76. The molecule has 0 saturated heterocycles. The first-order chi connectivity index (χ1) is 8.59. The van der Waals surface area contributed by atoms with E-state index in [0.717, 1.165) is 5.56 Å². The molecule has 3 rings (SSSR count). The topological polar surface area (TPSA) is 85.9 Å². The standard InChI is InChI=1S/C12H13N3O3/c1-12(10(16)14-11(13)15-12)7-2-3-8-9(6-7)18-5-4-17-8/h2-3,6H,4-5H2,1H3,(H3,13,14,15,16). The molecular weight excluding hydrogens is 234 g/mol. The first-order valence-corrected chi connectivity index (χ1v) is 5.66. The predicted molar refractivity (Wildman–Crippen MR) is 64.5 cm³/mol. The Balaban J connectivity index is 2.05. The zero-order valence-electron chi connectivity index (χ0n) is 9.90. The van der Waals surface area contributed by atoms with Crippen molar-refractivity contribution in [3.05, 3.63) is 23.8 Å². The molecule has 1 atom stereocenters. The van der Waals surface area contributed by atoms with Crippen LogP contribution >= 0.6 is 0 Å². The summed E-state index contributed by atoms with van der Waals surface area (Å²) in [6.07, 6.45) is 0. The van der Waals surface area contributed by atoms with E-state index < -0.39 is 5.54 Å². The Morgan fingerprint density at radius 2 is 2.06 bits per heavy atom. The van der Waals surface area contributed by atoms with Gasteiger partial charge in [-0.25, -0.2) is 4.99 Å². The number of hydrogen-bond acceptors (Lipinski definition) is 5. The molecule has 1 amide bonds. The van der Waals surface area contributed by atoms with Crippen LogP contribution in [0.2, 0.25) is 0 Å². The number of aliphatic imine (C=N–C) groups is 1. The summed E-state index contributed by atoms with van der Waals surface area (Å²) in [7, 11) is 0. The molecular formula is C12H13N3O3. The second-order valence-corrected chi connectivity index (χ2v) is 4.38. The number of benzene rings is 1. The number of carbonyl (C=O) groups is 1. The van der Waals surface area contributed by atoms with Crippen LogP contribution in [0.1, 0.15) is 12.5 Å². The Bertz CT molecular complexity index is 555. The van der Waals surface area contributed by atoms with Crippen molar-refractivity contribution in [2.75, 3.05) is 13.2 Å². The Kier molecular flexibility index (Phi) is 2.19. The molecule has 3 N–H and O–H groups in total. The van der Waals surface area contributed by atoms with Gasteiger partial charge in [0.25, 0.3) is 5.91 Å². The molecule has 2 aliphatic heterocycles. The largest absolute Gasteiger partial charge is 0.486 e. The smallest absolute Gasteiger partial charge is 0.259 e. The fourth-order valence-corrected chi connectivity index (χ4v) is 2.10. The van der Waals surface area contributed by atoms with Gasteiger partial charge in [0.15, 0.2) is 23.0 Å². The lowest BCUT2D eigenvalue weighted by atomic mass is 9.92. The van der Waals surface area contributed by atoms with Crippen LogP contribution in [-0.4, -0.2) is 25.1 Å². The highest BCUT2D eigenvalue weighted by molar-refractivity contribution is 6.06. The predicted octanol–water partition coefficient (Wildman–Crippen LogP) is 0.117. The average Bonchev–Trinajstić information content (AvgIpc) is 2.63. The number of amides is 1. The molecule has 2 heterocycles. The van der Waals surface area contributed by atoms with Gasteiger partial charge in [-0.15, -0.1) is 0 Å². The molecule has 1 unspecified atom stereocenters. The molecule has 2 aliphatic rings. The fraction of sp³-hybridized carbons (Fsp3) is 0.333. The molecule has 6 heteroatoms. The minimum absolute atomic E-state index is 0.136. The first kappa shape index (κ1) is 10.9. The van der Waals surface area contributed by atoms with E-state index in [1.807, 2.05) is 0 Å². The minimum atomic E-state index is -1.00. The number of carbonyl (C=O) groups excluding carboxylic acids is 1. The molecule has 94 valence electrons. The summed E-state index contributed by atoms with van der Waals surface area (Å²) < 4.78 is 10.9. The van der Waals surface area contributed by atoms with Crippen LogP contribution in [0.25, 0.3) is 0 Å². The number of guanidine groups is 1. The molecule has 0 aromatic heterocycles. The second kappa shape index (κ2) is 3.63. The van der Waals surface area contributed by atoms with Crippen LogP contribution < -0.4 is 20.5 Å². The van der Waals surface area contributed by atoms with Crippen molar-refractivity contribution < 1.29 is 14.3 Å². The number of nitrogens with zero attached hydrogens (tertiary/aromatic N) is 1. The van der Waals surface area contributed by atoms with Crippen LogP contribution in [0.3, 0.4) is 0 Å².